The molecule has 0 radical (unpaired) electrons. The third kappa shape index (κ3) is 4.71. The zero-order valence-electron chi connectivity index (χ0n) is 18.6. The van der Waals surface area contributed by atoms with Gasteiger partial charge in [0, 0.05) is 43.4 Å². The summed E-state index contributed by atoms with van der Waals surface area (Å²) in [5.74, 6) is 1.49. The minimum Gasteiger partial charge on any atom is -0.494 e. The van der Waals surface area contributed by atoms with Gasteiger partial charge in [0.15, 0.2) is 0 Å². The summed E-state index contributed by atoms with van der Waals surface area (Å²) in [5.41, 5.74) is 5.61. The highest BCUT2D eigenvalue weighted by Crippen LogP contribution is 2.24. The monoisotopic (exact) mass is 438 g/mol. The van der Waals surface area contributed by atoms with E-state index >= 15 is 0 Å². The lowest BCUT2D eigenvalue weighted by atomic mass is 10.1. The van der Waals surface area contributed by atoms with E-state index in [-0.39, 0.29) is 5.56 Å². The summed E-state index contributed by atoms with van der Waals surface area (Å²) in [7, 11) is 0. The smallest absolute Gasteiger partial charge is 0.255 e. The Morgan fingerprint density at radius 3 is 2.67 bits per heavy atom. The van der Waals surface area contributed by atoms with Gasteiger partial charge >= 0.3 is 0 Å². The highest BCUT2D eigenvalue weighted by Gasteiger charge is 2.21. The summed E-state index contributed by atoms with van der Waals surface area (Å²) < 4.78 is 5.60. The van der Waals surface area contributed by atoms with Crippen molar-refractivity contribution in [2.24, 2.45) is 0 Å². The number of nitrogens with zero attached hydrogens (tertiary/aromatic N) is 3. The Morgan fingerprint density at radius 2 is 1.88 bits per heavy atom. The number of aromatic amines is 1. The molecule has 1 aliphatic rings. The average molecular weight is 439 g/mol. The van der Waals surface area contributed by atoms with Crippen LogP contribution in [0, 0.1) is 0 Å². The minimum absolute atomic E-state index is 0.0498. The molecule has 0 saturated carbocycles. The van der Waals surface area contributed by atoms with Crippen LogP contribution in [0.5, 0.6) is 5.75 Å². The Kier molecular flexibility index (Phi) is 6.00. The zero-order chi connectivity index (χ0) is 22.6. The van der Waals surface area contributed by atoms with Gasteiger partial charge in [0.05, 0.1) is 23.6 Å². The standard InChI is InChI=1S/C27H26N4O2/c1-2-33-22-10-6-9-21(15-22)24-12-11-19(16-28-24)17-31-14-13-25-23(18-31)27(32)30-26(29-25)20-7-4-3-5-8-20/h3-12,15-16H,2,13-14,17-18H2,1H3,(H,29,30,32). The minimum atomic E-state index is -0.0498. The fraction of sp³-hybridized carbons (Fsp3) is 0.222. The van der Waals surface area contributed by atoms with Crippen LogP contribution in [0.15, 0.2) is 77.7 Å². The molecule has 0 unspecified atom stereocenters. The van der Waals surface area contributed by atoms with Gasteiger partial charge < -0.3 is 9.72 Å². The first kappa shape index (κ1) is 21.1. The molecule has 6 heteroatoms. The molecular weight excluding hydrogens is 412 g/mol. The van der Waals surface area contributed by atoms with Gasteiger partial charge in [-0.25, -0.2) is 4.98 Å². The first-order chi connectivity index (χ1) is 16.2. The maximum absolute atomic E-state index is 12.8. The number of ether oxygens (including phenoxy) is 1. The summed E-state index contributed by atoms with van der Waals surface area (Å²) in [5, 5.41) is 0. The summed E-state index contributed by atoms with van der Waals surface area (Å²) in [6.07, 6.45) is 2.67. The van der Waals surface area contributed by atoms with Gasteiger partial charge in [-0.3, -0.25) is 14.7 Å². The molecule has 4 aromatic rings. The van der Waals surface area contributed by atoms with Crippen molar-refractivity contribution in [3.8, 4) is 28.4 Å². The number of fused-ring (bicyclic) bond motifs is 1. The van der Waals surface area contributed by atoms with E-state index in [1.165, 1.54) is 0 Å². The van der Waals surface area contributed by atoms with Gasteiger partial charge in [-0.15, -0.1) is 0 Å². The molecule has 33 heavy (non-hydrogen) atoms. The van der Waals surface area contributed by atoms with E-state index in [1.54, 1.807) is 0 Å². The molecule has 2 aromatic carbocycles. The maximum Gasteiger partial charge on any atom is 0.255 e. The number of H-pyrrole nitrogens is 1. The van der Waals surface area contributed by atoms with Crippen molar-refractivity contribution in [3.05, 3.63) is 100 Å². The second-order valence-electron chi connectivity index (χ2n) is 8.18. The van der Waals surface area contributed by atoms with Crippen molar-refractivity contribution in [3.63, 3.8) is 0 Å². The van der Waals surface area contributed by atoms with Crippen LogP contribution in [0.25, 0.3) is 22.6 Å². The van der Waals surface area contributed by atoms with E-state index in [4.69, 9.17) is 9.72 Å². The lowest BCUT2D eigenvalue weighted by Gasteiger charge is -2.27. The number of aromatic nitrogens is 3. The number of pyridine rings is 1. The van der Waals surface area contributed by atoms with E-state index in [0.717, 1.165) is 58.9 Å². The molecule has 0 atom stereocenters. The Hall–Kier alpha value is -3.77. The number of nitrogens with one attached hydrogen (secondary N) is 1. The van der Waals surface area contributed by atoms with E-state index in [9.17, 15) is 4.79 Å². The Labute approximate surface area is 192 Å². The highest BCUT2D eigenvalue weighted by atomic mass is 16.5. The Bertz CT molecular complexity index is 1300. The molecule has 0 amide bonds. The van der Waals surface area contributed by atoms with Gasteiger partial charge in [-0.05, 0) is 30.7 Å². The molecule has 0 saturated heterocycles. The Balaban J connectivity index is 1.29. The van der Waals surface area contributed by atoms with Crippen LogP contribution in [0.3, 0.4) is 0 Å². The van der Waals surface area contributed by atoms with Crippen LogP contribution in [-0.4, -0.2) is 33.0 Å². The van der Waals surface area contributed by atoms with Crippen LogP contribution in [0.2, 0.25) is 0 Å². The molecule has 1 aliphatic heterocycles. The highest BCUT2D eigenvalue weighted by molar-refractivity contribution is 5.61. The van der Waals surface area contributed by atoms with Gasteiger partial charge in [0.25, 0.3) is 5.56 Å². The maximum atomic E-state index is 12.8. The lowest BCUT2D eigenvalue weighted by molar-refractivity contribution is 0.241. The molecular formula is C27H26N4O2. The van der Waals surface area contributed by atoms with Gasteiger partial charge in [-0.2, -0.15) is 0 Å². The van der Waals surface area contributed by atoms with Crippen LogP contribution < -0.4 is 10.3 Å². The number of benzene rings is 2. The first-order valence-electron chi connectivity index (χ1n) is 11.3. The van der Waals surface area contributed by atoms with Crippen molar-refractivity contribution < 1.29 is 4.74 Å². The summed E-state index contributed by atoms with van der Waals surface area (Å²) >= 11 is 0. The Morgan fingerprint density at radius 1 is 1.03 bits per heavy atom. The molecule has 6 nitrogen and oxygen atoms in total. The molecule has 3 heterocycles. The van der Waals surface area contributed by atoms with Crippen LogP contribution in [0.1, 0.15) is 23.7 Å². The second kappa shape index (κ2) is 9.38. The summed E-state index contributed by atoms with van der Waals surface area (Å²) in [6.45, 7) is 4.80. The third-order valence-corrected chi connectivity index (χ3v) is 5.87. The largest absolute Gasteiger partial charge is 0.494 e. The number of hydrogen-bond acceptors (Lipinski definition) is 5. The number of rotatable bonds is 6. The molecule has 2 aromatic heterocycles. The number of hydrogen-bond donors (Lipinski definition) is 1. The summed E-state index contributed by atoms with van der Waals surface area (Å²) in [4.78, 5) is 27.4. The fourth-order valence-corrected chi connectivity index (χ4v) is 4.21. The predicted octanol–water partition coefficient (Wildman–Crippen LogP) is 4.46. The quantitative estimate of drug-likeness (QED) is 0.481. The van der Waals surface area contributed by atoms with Gasteiger partial charge in [0.1, 0.15) is 11.6 Å². The molecule has 0 fully saturated rings. The topological polar surface area (TPSA) is 71.1 Å². The average Bonchev–Trinajstić information content (AvgIpc) is 2.86. The van der Waals surface area contributed by atoms with Crippen molar-refractivity contribution in [2.75, 3.05) is 13.2 Å². The van der Waals surface area contributed by atoms with E-state index in [2.05, 4.69) is 20.9 Å². The van der Waals surface area contributed by atoms with Crippen molar-refractivity contribution in [1.29, 1.82) is 0 Å². The van der Waals surface area contributed by atoms with Crippen molar-refractivity contribution in [2.45, 2.75) is 26.4 Å². The van der Waals surface area contributed by atoms with Gasteiger partial charge in [-0.1, -0.05) is 48.5 Å². The van der Waals surface area contributed by atoms with Crippen LogP contribution in [0.4, 0.5) is 0 Å². The molecule has 0 aliphatic carbocycles. The molecule has 1 N–H and O–H groups in total. The molecule has 5 rings (SSSR count). The lowest BCUT2D eigenvalue weighted by Crippen LogP contribution is -2.35. The van der Waals surface area contributed by atoms with E-state index in [1.807, 2.05) is 73.8 Å². The van der Waals surface area contributed by atoms with Crippen LogP contribution >= 0.6 is 0 Å². The van der Waals surface area contributed by atoms with E-state index in [0.29, 0.717) is 19.0 Å². The second-order valence-corrected chi connectivity index (χ2v) is 8.18. The third-order valence-electron chi connectivity index (χ3n) is 5.87. The molecule has 0 spiro atoms. The molecule has 166 valence electrons. The zero-order valence-corrected chi connectivity index (χ0v) is 18.6. The SMILES string of the molecule is CCOc1cccc(-c2ccc(CN3CCc4nc(-c5ccccc5)[nH]c(=O)c4C3)cn2)c1. The normalized spacial score (nSPS) is 13.5. The van der Waals surface area contributed by atoms with Gasteiger partial charge in [0.2, 0.25) is 0 Å². The van der Waals surface area contributed by atoms with Crippen molar-refractivity contribution in [1.82, 2.24) is 19.9 Å². The van der Waals surface area contributed by atoms with Crippen molar-refractivity contribution >= 4 is 0 Å². The predicted molar refractivity (Wildman–Crippen MR) is 129 cm³/mol. The fourth-order valence-electron chi connectivity index (χ4n) is 4.21. The van der Waals surface area contributed by atoms with Crippen LogP contribution in [-0.2, 0) is 19.5 Å². The van der Waals surface area contributed by atoms with E-state index < -0.39 is 0 Å². The summed E-state index contributed by atoms with van der Waals surface area (Å²) in [6, 6.07) is 21.9. The molecule has 0 bridgehead atoms. The first-order valence-corrected chi connectivity index (χ1v) is 11.3.